The second-order valence-corrected chi connectivity index (χ2v) is 6.29. The van der Waals surface area contributed by atoms with Crippen molar-refractivity contribution in [2.45, 2.75) is 6.04 Å². The van der Waals surface area contributed by atoms with Gasteiger partial charge in [-0.2, -0.15) is 5.10 Å². The van der Waals surface area contributed by atoms with E-state index in [1.165, 1.54) is 0 Å². The highest BCUT2D eigenvalue weighted by atomic mass is 16.2. The smallest absolute Gasteiger partial charge is 0.272 e. The van der Waals surface area contributed by atoms with Gasteiger partial charge in [-0.15, -0.1) is 0 Å². The van der Waals surface area contributed by atoms with E-state index in [9.17, 15) is 9.59 Å². The molecule has 1 atom stereocenters. The number of aromatic nitrogens is 2. The van der Waals surface area contributed by atoms with Crippen LogP contribution in [0.4, 0.5) is 0 Å². The van der Waals surface area contributed by atoms with Crippen LogP contribution in [0.5, 0.6) is 0 Å². The summed E-state index contributed by atoms with van der Waals surface area (Å²) < 4.78 is 1.60. The first-order valence-electron chi connectivity index (χ1n) is 8.31. The van der Waals surface area contributed by atoms with Crippen molar-refractivity contribution in [3.63, 3.8) is 0 Å². The second kappa shape index (κ2) is 7.06. The number of carbonyl (C=O) groups excluding carboxylic acids is 2. The Balaban J connectivity index is 1.83. The van der Waals surface area contributed by atoms with E-state index in [1.54, 1.807) is 37.1 Å². The summed E-state index contributed by atoms with van der Waals surface area (Å²) in [6.45, 7) is 2.03. The highest BCUT2D eigenvalue weighted by Crippen LogP contribution is 2.25. The molecular formula is C18H23N5O2. The maximum absolute atomic E-state index is 12.8. The molecule has 1 aliphatic rings. The molecule has 7 heteroatoms. The fraction of sp³-hybridized carbons (Fsp3) is 0.389. The van der Waals surface area contributed by atoms with Gasteiger partial charge in [0.05, 0.1) is 6.04 Å². The first-order valence-corrected chi connectivity index (χ1v) is 8.31. The van der Waals surface area contributed by atoms with Gasteiger partial charge in [-0.3, -0.25) is 19.2 Å². The summed E-state index contributed by atoms with van der Waals surface area (Å²) in [6.07, 6.45) is 1.63. The maximum atomic E-state index is 12.8. The van der Waals surface area contributed by atoms with Crippen LogP contribution in [-0.2, 0) is 7.05 Å². The number of benzene rings is 1. The van der Waals surface area contributed by atoms with Crippen LogP contribution in [0, 0.1) is 0 Å². The molecule has 2 amide bonds. The fourth-order valence-corrected chi connectivity index (χ4v) is 3.20. The van der Waals surface area contributed by atoms with Gasteiger partial charge < -0.3 is 10.2 Å². The summed E-state index contributed by atoms with van der Waals surface area (Å²) in [5.74, 6) is -0.122. The minimum absolute atomic E-state index is 0.0134. The van der Waals surface area contributed by atoms with E-state index in [0.717, 1.165) is 12.1 Å². The van der Waals surface area contributed by atoms with Crippen LogP contribution in [0.25, 0.3) is 0 Å². The lowest BCUT2D eigenvalue weighted by Crippen LogP contribution is -2.49. The van der Waals surface area contributed by atoms with E-state index < -0.39 is 0 Å². The van der Waals surface area contributed by atoms with Crippen LogP contribution >= 0.6 is 0 Å². The lowest BCUT2D eigenvalue weighted by atomic mass is 10.00. The Labute approximate surface area is 147 Å². The van der Waals surface area contributed by atoms with Crippen molar-refractivity contribution in [2.75, 3.05) is 33.7 Å². The normalized spacial score (nSPS) is 18.2. The molecule has 0 bridgehead atoms. The number of nitrogens with one attached hydrogen (secondary N) is 1. The van der Waals surface area contributed by atoms with E-state index in [0.29, 0.717) is 24.3 Å². The molecule has 25 heavy (non-hydrogen) atoms. The lowest BCUT2D eigenvalue weighted by molar-refractivity contribution is 0.0535. The molecular weight excluding hydrogens is 318 g/mol. The van der Waals surface area contributed by atoms with Crippen LogP contribution in [0.1, 0.15) is 32.5 Å². The predicted octanol–water partition coefficient (Wildman–Crippen LogP) is 0.909. The summed E-state index contributed by atoms with van der Waals surface area (Å²) in [7, 11) is 5.44. The van der Waals surface area contributed by atoms with Crippen molar-refractivity contribution in [3.8, 4) is 0 Å². The summed E-state index contributed by atoms with van der Waals surface area (Å²) in [6, 6.07) is 9.38. The third kappa shape index (κ3) is 3.41. The van der Waals surface area contributed by atoms with Gasteiger partial charge in [0.1, 0.15) is 5.69 Å². The number of likely N-dealkylation sites (N-methyl/N-ethyl adjacent to an activating group) is 1. The fourth-order valence-electron chi connectivity index (χ4n) is 3.20. The second-order valence-electron chi connectivity index (χ2n) is 6.29. The number of aryl methyl sites for hydroxylation is 1. The molecule has 0 saturated carbocycles. The third-order valence-corrected chi connectivity index (χ3v) is 4.74. The molecule has 0 radical (unpaired) electrons. The van der Waals surface area contributed by atoms with Gasteiger partial charge in [-0.1, -0.05) is 12.1 Å². The van der Waals surface area contributed by atoms with E-state index in [-0.39, 0.29) is 17.9 Å². The highest BCUT2D eigenvalue weighted by molar-refractivity contribution is 5.94. The quantitative estimate of drug-likeness (QED) is 0.901. The topological polar surface area (TPSA) is 70.5 Å². The molecule has 3 rings (SSSR count). The lowest BCUT2D eigenvalue weighted by Gasteiger charge is -2.39. The average Bonchev–Trinajstić information content (AvgIpc) is 3.07. The highest BCUT2D eigenvalue weighted by Gasteiger charge is 2.30. The number of nitrogens with zero attached hydrogens (tertiary/aromatic N) is 4. The summed E-state index contributed by atoms with van der Waals surface area (Å²) in [4.78, 5) is 28.7. The zero-order chi connectivity index (χ0) is 18.0. The van der Waals surface area contributed by atoms with Crippen LogP contribution in [0.15, 0.2) is 36.5 Å². The minimum atomic E-state index is -0.108. The van der Waals surface area contributed by atoms with Crippen LogP contribution < -0.4 is 5.32 Å². The Morgan fingerprint density at radius 3 is 2.68 bits per heavy atom. The molecule has 0 aliphatic carbocycles. The van der Waals surface area contributed by atoms with Gasteiger partial charge >= 0.3 is 0 Å². The molecule has 1 aromatic carbocycles. The van der Waals surface area contributed by atoms with E-state index >= 15 is 0 Å². The van der Waals surface area contributed by atoms with Crippen molar-refractivity contribution < 1.29 is 9.59 Å². The van der Waals surface area contributed by atoms with Gasteiger partial charge in [-0.25, -0.2) is 0 Å². The standard InChI is InChI=1S/C18H23N5O2/c1-19-17(24)14-6-4-5-13(11-14)16-12-23(10-9-21(16)2)18(25)15-7-8-20-22(15)3/h4-8,11,16H,9-10,12H2,1-3H3,(H,19,24)/t16-/m1/s1. The SMILES string of the molecule is CNC(=O)c1cccc([C@H]2CN(C(=O)c3ccnn3C)CCN2C)c1. The molecule has 2 aromatic rings. The molecule has 1 aliphatic heterocycles. The molecule has 1 saturated heterocycles. The molecule has 0 spiro atoms. The predicted molar refractivity (Wildman–Crippen MR) is 94.3 cm³/mol. The number of amides is 2. The summed E-state index contributed by atoms with van der Waals surface area (Å²) in [5, 5.41) is 6.73. The first kappa shape index (κ1) is 17.2. The van der Waals surface area contributed by atoms with Gasteiger partial charge in [0, 0.05) is 45.5 Å². The van der Waals surface area contributed by atoms with Gasteiger partial charge in [0.2, 0.25) is 0 Å². The zero-order valence-corrected chi connectivity index (χ0v) is 14.8. The van der Waals surface area contributed by atoms with Crippen molar-refractivity contribution in [2.24, 2.45) is 7.05 Å². The molecule has 1 aromatic heterocycles. The third-order valence-electron chi connectivity index (χ3n) is 4.74. The molecule has 1 fully saturated rings. The summed E-state index contributed by atoms with van der Waals surface area (Å²) >= 11 is 0. The van der Waals surface area contributed by atoms with Gasteiger partial charge in [0.15, 0.2) is 0 Å². The van der Waals surface area contributed by atoms with Crippen molar-refractivity contribution in [1.29, 1.82) is 0 Å². The van der Waals surface area contributed by atoms with E-state index in [2.05, 4.69) is 15.3 Å². The molecule has 2 heterocycles. The molecule has 1 N–H and O–H groups in total. The zero-order valence-electron chi connectivity index (χ0n) is 14.8. The van der Waals surface area contributed by atoms with E-state index in [4.69, 9.17) is 0 Å². The number of hydrogen-bond donors (Lipinski definition) is 1. The number of carbonyl (C=O) groups is 2. The Bertz CT molecular complexity index is 785. The Morgan fingerprint density at radius 2 is 2.00 bits per heavy atom. The Hall–Kier alpha value is -2.67. The van der Waals surface area contributed by atoms with Crippen molar-refractivity contribution >= 4 is 11.8 Å². The molecule has 132 valence electrons. The van der Waals surface area contributed by atoms with Crippen LogP contribution in [0.2, 0.25) is 0 Å². The minimum Gasteiger partial charge on any atom is -0.355 e. The number of hydrogen-bond acceptors (Lipinski definition) is 4. The van der Waals surface area contributed by atoms with Crippen molar-refractivity contribution in [3.05, 3.63) is 53.3 Å². The molecule has 0 unspecified atom stereocenters. The van der Waals surface area contributed by atoms with Gasteiger partial charge in [-0.05, 0) is 30.8 Å². The average molecular weight is 341 g/mol. The largest absolute Gasteiger partial charge is 0.355 e. The molecule has 7 nitrogen and oxygen atoms in total. The number of piperazine rings is 1. The van der Waals surface area contributed by atoms with Crippen molar-refractivity contribution in [1.82, 2.24) is 24.9 Å². The monoisotopic (exact) mass is 341 g/mol. The Kier molecular flexibility index (Phi) is 4.85. The summed E-state index contributed by atoms with van der Waals surface area (Å²) in [5.41, 5.74) is 2.25. The Morgan fingerprint density at radius 1 is 1.20 bits per heavy atom. The maximum Gasteiger partial charge on any atom is 0.272 e. The number of rotatable bonds is 3. The first-order chi connectivity index (χ1) is 12.0. The van der Waals surface area contributed by atoms with Gasteiger partial charge in [0.25, 0.3) is 11.8 Å². The van der Waals surface area contributed by atoms with Crippen LogP contribution in [-0.4, -0.2) is 65.1 Å². The van der Waals surface area contributed by atoms with E-state index in [1.807, 2.05) is 30.1 Å². The van der Waals surface area contributed by atoms with Crippen LogP contribution in [0.3, 0.4) is 0 Å².